The van der Waals surface area contributed by atoms with Gasteiger partial charge >= 0.3 is 0 Å². The van der Waals surface area contributed by atoms with Crippen LogP contribution in [0.4, 0.5) is 0 Å². The lowest BCUT2D eigenvalue weighted by Crippen LogP contribution is -2.41. The van der Waals surface area contributed by atoms with E-state index < -0.39 is 0 Å². The summed E-state index contributed by atoms with van der Waals surface area (Å²) < 4.78 is 6.14. The molecule has 0 saturated heterocycles. The van der Waals surface area contributed by atoms with E-state index in [0.717, 1.165) is 36.6 Å². The van der Waals surface area contributed by atoms with Crippen LogP contribution in [0.1, 0.15) is 51.6 Å². The zero-order valence-electron chi connectivity index (χ0n) is 11.4. The summed E-state index contributed by atoms with van der Waals surface area (Å²) in [5, 5.41) is 4.38. The van der Waals surface area contributed by atoms with Crippen LogP contribution >= 0.6 is 11.6 Å². The fraction of sp³-hybridized carbons (Fsp3) is 0.600. The quantitative estimate of drug-likeness (QED) is 0.877. The summed E-state index contributed by atoms with van der Waals surface area (Å²) in [4.78, 5) is 0. The largest absolute Gasteiger partial charge is 0.487 e. The highest BCUT2D eigenvalue weighted by atomic mass is 35.5. The van der Waals surface area contributed by atoms with Gasteiger partial charge in [-0.25, -0.2) is 0 Å². The Bertz CT molecular complexity index is 421. The van der Waals surface area contributed by atoms with E-state index in [2.05, 4.69) is 26.1 Å². The Morgan fingerprint density at radius 3 is 2.89 bits per heavy atom. The first-order valence-electron chi connectivity index (χ1n) is 6.80. The number of rotatable bonds is 4. The van der Waals surface area contributed by atoms with Gasteiger partial charge in [0.1, 0.15) is 11.4 Å². The molecule has 2 atom stereocenters. The van der Waals surface area contributed by atoms with E-state index in [1.807, 2.05) is 18.2 Å². The third-order valence-corrected chi connectivity index (χ3v) is 3.96. The van der Waals surface area contributed by atoms with Crippen LogP contribution in [0, 0.1) is 0 Å². The van der Waals surface area contributed by atoms with Gasteiger partial charge < -0.3 is 10.1 Å². The molecule has 1 aromatic carbocycles. The topological polar surface area (TPSA) is 21.3 Å². The highest BCUT2D eigenvalue weighted by Gasteiger charge is 2.35. The molecule has 1 N–H and O–H groups in total. The highest BCUT2D eigenvalue weighted by Crippen LogP contribution is 2.41. The van der Waals surface area contributed by atoms with Gasteiger partial charge in [-0.3, -0.25) is 0 Å². The van der Waals surface area contributed by atoms with Gasteiger partial charge in [-0.1, -0.05) is 25.4 Å². The van der Waals surface area contributed by atoms with E-state index in [0.29, 0.717) is 6.04 Å². The molecule has 1 aromatic rings. The third kappa shape index (κ3) is 2.81. The Kier molecular flexibility index (Phi) is 4.18. The molecule has 0 aromatic heterocycles. The lowest BCUT2D eigenvalue weighted by atomic mass is 9.86. The zero-order chi connectivity index (χ0) is 13.2. The molecule has 0 radical (unpaired) electrons. The SMILES string of the molecule is CCCNC1CC(C)(CC)Oc2ccc(Cl)cc21. The second-order valence-corrected chi connectivity index (χ2v) is 5.73. The molecular formula is C15H22ClNO. The fourth-order valence-corrected chi connectivity index (χ4v) is 2.63. The average molecular weight is 268 g/mol. The average Bonchev–Trinajstić information content (AvgIpc) is 2.37. The lowest BCUT2D eigenvalue weighted by Gasteiger charge is -2.40. The lowest BCUT2D eigenvalue weighted by molar-refractivity contribution is 0.0443. The number of nitrogens with one attached hydrogen (secondary N) is 1. The molecule has 100 valence electrons. The van der Waals surface area contributed by atoms with Gasteiger partial charge in [0.25, 0.3) is 0 Å². The molecule has 18 heavy (non-hydrogen) atoms. The summed E-state index contributed by atoms with van der Waals surface area (Å²) in [6, 6.07) is 6.26. The van der Waals surface area contributed by atoms with E-state index in [9.17, 15) is 0 Å². The minimum atomic E-state index is -0.0771. The Balaban J connectivity index is 2.31. The summed E-state index contributed by atoms with van der Waals surface area (Å²) in [7, 11) is 0. The number of ether oxygens (including phenoxy) is 1. The first-order valence-corrected chi connectivity index (χ1v) is 7.17. The van der Waals surface area contributed by atoms with E-state index >= 15 is 0 Å². The smallest absolute Gasteiger partial charge is 0.125 e. The van der Waals surface area contributed by atoms with Crippen molar-refractivity contribution in [3.05, 3.63) is 28.8 Å². The predicted molar refractivity (Wildman–Crippen MR) is 76.4 cm³/mol. The number of benzene rings is 1. The van der Waals surface area contributed by atoms with Gasteiger partial charge in [0, 0.05) is 23.0 Å². The van der Waals surface area contributed by atoms with E-state index in [4.69, 9.17) is 16.3 Å². The highest BCUT2D eigenvalue weighted by molar-refractivity contribution is 6.30. The first-order chi connectivity index (χ1) is 8.58. The number of hydrogen-bond donors (Lipinski definition) is 1. The molecule has 1 aliphatic rings. The molecule has 0 fully saturated rings. The normalized spacial score (nSPS) is 26.6. The van der Waals surface area contributed by atoms with Gasteiger partial charge in [0.2, 0.25) is 0 Å². The Hall–Kier alpha value is -0.730. The molecule has 0 amide bonds. The maximum absolute atomic E-state index is 6.14. The molecule has 1 heterocycles. The monoisotopic (exact) mass is 267 g/mol. The van der Waals surface area contributed by atoms with Crippen LogP contribution in [0.2, 0.25) is 5.02 Å². The Labute approximate surface area is 115 Å². The van der Waals surface area contributed by atoms with Crippen molar-refractivity contribution in [3.8, 4) is 5.75 Å². The van der Waals surface area contributed by atoms with Crippen LogP contribution in [0.25, 0.3) is 0 Å². The number of fused-ring (bicyclic) bond motifs is 1. The van der Waals surface area contributed by atoms with Crippen LogP contribution in [0.3, 0.4) is 0 Å². The molecule has 0 spiro atoms. The van der Waals surface area contributed by atoms with Crippen molar-refractivity contribution in [3.63, 3.8) is 0 Å². The van der Waals surface area contributed by atoms with Crippen molar-refractivity contribution in [1.29, 1.82) is 0 Å². The second-order valence-electron chi connectivity index (χ2n) is 5.30. The van der Waals surface area contributed by atoms with Crippen molar-refractivity contribution < 1.29 is 4.74 Å². The standard InChI is InChI=1S/C15H22ClNO/c1-4-8-17-13-10-15(3,5-2)18-14-7-6-11(16)9-12(13)14/h6-7,9,13,17H,4-5,8,10H2,1-3H3. The first kappa shape index (κ1) is 13.7. The van der Waals surface area contributed by atoms with Gasteiger partial charge in [-0.15, -0.1) is 0 Å². The summed E-state index contributed by atoms with van der Waals surface area (Å²) in [6.07, 6.45) is 3.15. The fourth-order valence-electron chi connectivity index (χ4n) is 2.45. The number of hydrogen-bond acceptors (Lipinski definition) is 2. The predicted octanol–water partition coefficient (Wildman–Crippen LogP) is 4.33. The third-order valence-electron chi connectivity index (χ3n) is 3.73. The summed E-state index contributed by atoms with van der Waals surface area (Å²) in [6.45, 7) is 7.57. The molecule has 2 unspecified atom stereocenters. The van der Waals surface area contributed by atoms with Crippen LogP contribution in [-0.4, -0.2) is 12.1 Å². The minimum Gasteiger partial charge on any atom is -0.487 e. The zero-order valence-corrected chi connectivity index (χ0v) is 12.2. The summed E-state index contributed by atoms with van der Waals surface area (Å²) in [5.74, 6) is 0.976. The van der Waals surface area contributed by atoms with Crippen LogP contribution in [0.5, 0.6) is 5.75 Å². The van der Waals surface area contributed by atoms with Crippen LogP contribution in [-0.2, 0) is 0 Å². The van der Waals surface area contributed by atoms with Gasteiger partial charge in [-0.2, -0.15) is 0 Å². The molecule has 0 saturated carbocycles. The van der Waals surface area contributed by atoms with E-state index in [1.54, 1.807) is 0 Å². The minimum absolute atomic E-state index is 0.0771. The summed E-state index contributed by atoms with van der Waals surface area (Å²) in [5.41, 5.74) is 1.12. The Morgan fingerprint density at radius 2 is 2.22 bits per heavy atom. The van der Waals surface area contributed by atoms with Crippen molar-refractivity contribution >= 4 is 11.6 Å². The maximum Gasteiger partial charge on any atom is 0.125 e. The molecule has 0 aliphatic carbocycles. The van der Waals surface area contributed by atoms with Gasteiger partial charge in [0.15, 0.2) is 0 Å². The van der Waals surface area contributed by atoms with Crippen molar-refractivity contribution in [2.24, 2.45) is 0 Å². The molecular weight excluding hydrogens is 246 g/mol. The molecule has 1 aliphatic heterocycles. The Morgan fingerprint density at radius 1 is 1.44 bits per heavy atom. The molecule has 3 heteroatoms. The van der Waals surface area contributed by atoms with Crippen LogP contribution in [0.15, 0.2) is 18.2 Å². The molecule has 2 nitrogen and oxygen atoms in total. The van der Waals surface area contributed by atoms with Crippen molar-refractivity contribution in [2.75, 3.05) is 6.54 Å². The van der Waals surface area contributed by atoms with Crippen molar-refractivity contribution in [1.82, 2.24) is 5.32 Å². The van der Waals surface area contributed by atoms with Crippen LogP contribution < -0.4 is 10.1 Å². The summed E-state index contributed by atoms with van der Waals surface area (Å²) >= 11 is 6.10. The van der Waals surface area contributed by atoms with Gasteiger partial charge in [0.05, 0.1) is 0 Å². The van der Waals surface area contributed by atoms with E-state index in [1.165, 1.54) is 5.56 Å². The van der Waals surface area contributed by atoms with Gasteiger partial charge in [-0.05, 0) is 44.5 Å². The van der Waals surface area contributed by atoms with Crippen molar-refractivity contribution in [2.45, 2.75) is 51.7 Å². The maximum atomic E-state index is 6.14. The molecule has 0 bridgehead atoms. The number of halogens is 1. The second kappa shape index (κ2) is 5.50. The van der Waals surface area contributed by atoms with E-state index in [-0.39, 0.29) is 5.60 Å². The molecule has 2 rings (SSSR count).